The molecular weight excluding hydrogens is 200 g/mol. The molecule has 0 aromatic rings. The van der Waals surface area contributed by atoms with E-state index in [-0.39, 0.29) is 12.2 Å². The topological polar surface area (TPSA) is 26.3 Å². The van der Waals surface area contributed by atoms with Gasteiger partial charge in [-0.3, -0.25) is 4.79 Å². The predicted molar refractivity (Wildman–Crippen MR) is 64.3 cm³/mol. The molecule has 1 heterocycles. The van der Waals surface area contributed by atoms with E-state index in [0.29, 0.717) is 17.6 Å². The quantitative estimate of drug-likeness (QED) is 0.735. The monoisotopic (exact) mass is 224 g/mol. The summed E-state index contributed by atoms with van der Waals surface area (Å²) in [7, 11) is 0. The van der Waals surface area contributed by atoms with E-state index < -0.39 is 0 Å². The minimum absolute atomic E-state index is 0.0767. The molecule has 1 aliphatic heterocycles. The van der Waals surface area contributed by atoms with Gasteiger partial charge in [0, 0.05) is 5.92 Å². The van der Waals surface area contributed by atoms with Crippen LogP contribution in [0.1, 0.15) is 58.8 Å². The van der Waals surface area contributed by atoms with Gasteiger partial charge in [0.05, 0.1) is 6.10 Å². The van der Waals surface area contributed by atoms with Gasteiger partial charge in [0.1, 0.15) is 6.10 Å². The Hall–Kier alpha value is -0.370. The molecule has 0 N–H and O–H groups in total. The van der Waals surface area contributed by atoms with Gasteiger partial charge in [-0.05, 0) is 38.5 Å². The number of ketones is 1. The van der Waals surface area contributed by atoms with Crippen LogP contribution in [0.3, 0.4) is 0 Å². The van der Waals surface area contributed by atoms with Crippen LogP contribution in [0.5, 0.6) is 0 Å². The lowest BCUT2D eigenvalue weighted by atomic mass is 9.74. The highest BCUT2D eigenvalue weighted by molar-refractivity contribution is 5.86. The lowest BCUT2D eigenvalue weighted by molar-refractivity contribution is -0.136. The maximum absolute atomic E-state index is 12.4. The molecule has 2 fully saturated rings. The average Bonchev–Trinajstić information content (AvgIpc) is 2.75. The summed E-state index contributed by atoms with van der Waals surface area (Å²) in [5.74, 6) is 1.34. The second-order valence-corrected chi connectivity index (χ2v) is 5.47. The number of hydrogen-bond donors (Lipinski definition) is 0. The van der Waals surface area contributed by atoms with Gasteiger partial charge in [-0.1, -0.05) is 26.2 Å². The fraction of sp³-hybridized carbons (Fsp3) is 0.929. The number of rotatable bonds is 3. The summed E-state index contributed by atoms with van der Waals surface area (Å²) in [6.45, 7) is 4.29. The Bertz CT molecular complexity index is 249. The summed E-state index contributed by atoms with van der Waals surface area (Å²) in [5, 5.41) is 0. The van der Waals surface area contributed by atoms with E-state index in [1.54, 1.807) is 0 Å². The molecule has 4 unspecified atom stereocenters. The van der Waals surface area contributed by atoms with Crippen LogP contribution in [0.2, 0.25) is 0 Å². The maximum atomic E-state index is 12.4. The molecule has 2 nitrogen and oxygen atoms in total. The van der Waals surface area contributed by atoms with Crippen LogP contribution in [0.4, 0.5) is 0 Å². The van der Waals surface area contributed by atoms with E-state index in [9.17, 15) is 4.79 Å². The van der Waals surface area contributed by atoms with Gasteiger partial charge in [0.25, 0.3) is 0 Å². The van der Waals surface area contributed by atoms with Crippen molar-refractivity contribution in [2.24, 2.45) is 11.8 Å². The maximum Gasteiger partial charge on any atom is 0.164 e. The minimum Gasteiger partial charge on any atom is -0.367 e. The zero-order chi connectivity index (χ0) is 11.5. The Balaban J connectivity index is 1.96. The highest BCUT2D eigenvalue weighted by atomic mass is 16.5. The van der Waals surface area contributed by atoms with Crippen molar-refractivity contribution < 1.29 is 9.53 Å². The molecule has 0 spiro atoms. The van der Waals surface area contributed by atoms with Crippen molar-refractivity contribution in [2.45, 2.75) is 71.0 Å². The van der Waals surface area contributed by atoms with E-state index in [4.69, 9.17) is 4.74 Å². The molecule has 16 heavy (non-hydrogen) atoms. The SMILES string of the molecule is CCC1CCCCC1C(=O)C1CCC(C)O1. The Morgan fingerprint density at radius 3 is 2.56 bits per heavy atom. The van der Waals surface area contributed by atoms with Crippen LogP contribution < -0.4 is 0 Å². The van der Waals surface area contributed by atoms with Crippen molar-refractivity contribution in [2.75, 3.05) is 0 Å². The van der Waals surface area contributed by atoms with Crippen LogP contribution in [-0.4, -0.2) is 18.0 Å². The molecule has 1 aliphatic carbocycles. The van der Waals surface area contributed by atoms with E-state index in [1.165, 1.54) is 19.3 Å². The third-order valence-corrected chi connectivity index (χ3v) is 4.35. The van der Waals surface area contributed by atoms with Crippen molar-refractivity contribution in [3.05, 3.63) is 0 Å². The molecule has 0 aromatic carbocycles. The third kappa shape index (κ3) is 2.48. The summed E-state index contributed by atoms with van der Waals surface area (Å²) in [6, 6.07) is 0. The van der Waals surface area contributed by atoms with E-state index in [1.807, 2.05) is 0 Å². The molecule has 0 bridgehead atoms. The molecule has 0 aromatic heterocycles. The molecule has 2 aliphatic rings. The molecule has 2 heteroatoms. The summed E-state index contributed by atoms with van der Waals surface area (Å²) in [6.07, 6.45) is 8.26. The molecule has 4 atom stereocenters. The minimum atomic E-state index is -0.0767. The number of ether oxygens (including phenoxy) is 1. The molecule has 1 saturated heterocycles. The van der Waals surface area contributed by atoms with Crippen molar-refractivity contribution in [3.63, 3.8) is 0 Å². The first-order valence-corrected chi connectivity index (χ1v) is 6.91. The van der Waals surface area contributed by atoms with Gasteiger partial charge in [-0.25, -0.2) is 0 Å². The van der Waals surface area contributed by atoms with Gasteiger partial charge < -0.3 is 4.74 Å². The summed E-state index contributed by atoms with van der Waals surface area (Å²) < 4.78 is 5.72. The van der Waals surface area contributed by atoms with Crippen LogP contribution in [0, 0.1) is 11.8 Å². The lowest BCUT2D eigenvalue weighted by Gasteiger charge is -2.31. The van der Waals surface area contributed by atoms with E-state index in [2.05, 4.69) is 13.8 Å². The second kappa shape index (κ2) is 5.31. The van der Waals surface area contributed by atoms with Crippen LogP contribution in [0.15, 0.2) is 0 Å². The normalized spacial score (nSPS) is 39.9. The molecule has 0 amide bonds. The second-order valence-electron chi connectivity index (χ2n) is 5.47. The summed E-state index contributed by atoms with van der Waals surface area (Å²) >= 11 is 0. The number of Topliss-reactive ketones (excluding diaryl/α,β-unsaturated/α-hetero) is 1. The first kappa shape index (κ1) is 12.1. The molecule has 2 rings (SSSR count). The third-order valence-electron chi connectivity index (χ3n) is 4.35. The van der Waals surface area contributed by atoms with Crippen molar-refractivity contribution in [3.8, 4) is 0 Å². The molecule has 92 valence electrons. The Kier molecular flexibility index (Phi) is 4.01. The highest BCUT2D eigenvalue weighted by Crippen LogP contribution is 2.35. The summed E-state index contributed by atoms with van der Waals surface area (Å²) in [4.78, 5) is 12.4. The van der Waals surface area contributed by atoms with E-state index in [0.717, 1.165) is 25.7 Å². The molecular formula is C14H24O2. The standard InChI is InChI=1S/C14H24O2/c1-3-11-6-4-5-7-12(11)14(15)13-9-8-10(2)16-13/h10-13H,3-9H2,1-2H3. The Labute approximate surface area is 98.7 Å². The molecule has 0 radical (unpaired) electrons. The zero-order valence-electron chi connectivity index (χ0n) is 10.6. The van der Waals surface area contributed by atoms with Crippen LogP contribution in [-0.2, 0) is 9.53 Å². The van der Waals surface area contributed by atoms with Crippen molar-refractivity contribution >= 4 is 5.78 Å². The fourth-order valence-corrected chi connectivity index (χ4v) is 3.32. The number of carbonyl (C=O) groups excluding carboxylic acids is 1. The highest BCUT2D eigenvalue weighted by Gasteiger charge is 2.37. The van der Waals surface area contributed by atoms with Crippen LogP contribution in [0.25, 0.3) is 0 Å². The van der Waals surface area contributed by atoms with Crippen molar-refractivity contribution in [1.29, 1.82) is 0 Å². The Morgan fingerprint density at radius 2 is 1.94 bits per heavy atom. The van der Waals surface area contributed by atoms with E-state index >= 15 is 0 Å². The predicted octanol–water partition coefficient (Wildman–Crippen LogP) is 3.34. The Morgan fingerprint density at radius 1 is 1.19 bits per heavy atom. The first-order chi connectivity index (χ1) is 7.72. The fourth-order valence-electron chi connectivity index (χ4n) is 3.32. The lowest BCUT2D eigenvalue weighted by Crippen LogP contribution is -2.34. The van der Waals surface area contributed by atoms with Gasteiger partial charge in [0.15, 0.2) is 5.78 Å². The van der Waals surface area contributed by atoms with Gasteiger partial charge >= 0.3 is 0 Å². The van der Waals surface area contributed by atoms with Gasteiger partial charge in [-0.15, -0.1) is 0 Å². The number of carbonyl (C=O) groups is 1. The first-order valence-electron chi connectivity index (χ1n) is 6.91. The zero-order valence-corrected chi connectivity index (χ0v) is 10.6. The van der Waals surface area contributed by atoms with Crippen LogP contribution >= 0.6 is 0 Å². The average molecular weight is 224 g/mol. The van der Waals surface area contributed by atoms with Gasteiger partial charge in [-0.2, -0.15) is 0 Å². The molecule has 1 saturated carbocycles. The van der Waals surface area contributed by atoms with Gasteiger partial charge in [0.2, 0.25) is 0 Å². The van der Waals surface area contributed by atoms with Crippen molar-refractivity contribution in [1.82, 2.24) is 0 Å². The smallest absolute Gasteiger partial charge is 0.164 e. The number of hydrogen-bond acceptors (Lipinski definition) is 2. The summed E-state index contributed by atoms with van der Waals surface area (Å²) in [5.41, 5.74) is 0. The largest absolute Gasteiger partial charge is 0.367 e.